The third-order valence-electron chi connectivity index (χ3n) is 5.78. The van der Waals surface area contributed by atoms with E-state index in [0.717, 1.165) is 25.0 Å². The molecule has 0 spiro atoms. The Morgan fingerprint density at radius 2 is 1.85 bits per heavy atom. The lowest BCUT2D eigenvalue weighted by Crippen LogP contribution is -2.31. The first kappa shape index (κ1) is 25.3. The van der Waals surface area contributed by atoms with Crippen molar-refractivity contribution in [2.45, 2.75) is 63.7 Å². The largest absolute Gasteiger partial charge is 0.435 e. The number of cyclic esters (lactones) is 1. The predicted octanol–water partition coefficient (Wildman–Crippen LogP) is 6.74. The number of pyridine rings is 2. The molecule has 1 aliphatic rings. The molecule has 2 aromatic rings. The molecule has 0 saturated carbocycles. The fraction of sp³-hybridized carbons (Fsp3) is 0.500. The van der Waals surface area contributed by atoms with Gasteiger partial charge in [-0.25, -0.2) is 18.6 Å². The number of carbonyl (C=O) groups is 1. The fourth-order valence-corrected chi connectivity index (χ4v) is 4.93. The van der Waals surface area contributed by atoms with Crippen molar-refractivity contribution in [1.82, 2.24) is 9.97 Å². The molecule has 33 heavy (non-hydrogen) atoms. The van der Waals surface area contributed by atoms with Gasteiger partial charge in [0.1, 0.15) is 5.82 Å². The van der Waals surface area contributed by atoms with Crippen LogP contribution in [-0.2, 0) is 16.3 Å². The van der Waals surface area contributed by atoms with Crippen LogP contribution in [0.4, 0.5) is 32.6 Å². The molecule has 3 heterocycles. The van der Waals surface area contributed by atoms with Crippen LogP contribution >= 0.6 is 9.24 Å². The Kier molecular flexibility index (Phi) is 7.56. The van der Waals surface area contributed by atoms with Crippen LogP contribution in [0.25, 0.3) is 11.3 Å². The highest BCUT2D eigenvalue weighted by Gasteiger charge is 2.39. The number of amides is 1. The maximum absolute atomic E-state index is 13.9. The average molecular weight is 489 g/mol. The molecule has 1 aliphatic heterocycles. The Bertz CT molecular complexity index is 1010. The van der Waals surface area contributed by atoms with Crippen molar-refractivity contribution in [3.8, 4) is 11.3 Å². The zero-order valence-corrected chi connectivity index (χ0v) is 19.3. The number of hydrogen-bond acceptors (Lipinski definition) is 4. The molecule has 0 aliphatic carbocycles. The van der Waals surface area contributed by atoms with Gasteiger partial charge < -0.3 is 4.74 Å². The van der Waals surface area contributed by atoms with E-state index < -0.39 is 35.8 Å². The maximum Gasteiger partial charge on any atom is 0.416 e. The summed E-state index contributed by atoms with van der Waals surface area (Å²) in [4.78, 5) is 20.1. The molecule has 180 valence electrons. The number of ether oxygens (including phenoxy) is 1. The molecule has 2 unspecified atom stereocenters. The third kappa shape index (κ3) is 5.10. The monoisotopic (exact) mass is 489 g/mol. The quantitative estimate of drug-likeness (QED) is 0.329. The molecule has 2 aromatic heterocycles. The summed E-state index contributed by atoms with van der Waals surface area (Å²) in [5.74, 6) is -0.186. The summed E-state index contributed by atoms with van der Waals surface area (Å²) in [7, 11) is 2.60. The summed E-state index contributed by atoms with van der Waals surface area (Å²) in [6, 6.07) is 3.20. The van der Waals surface area contributed by atoms with Crippen molar-refractivity contribution in [2.24, 2.45) is 0 Å². The lowest BCUT2D eigenvalue weighted by Gasteiger charge is -2.33. The van der Waals surface area contributed by atoms with Crippen LogP contribution in [0.2, 0.25) is 0 Å². The van der Waals surface area contributed by atoms with Crippen molar-refractivity contribution in [1.29, 1.82) is 0 Å². The Labute approximate surface area is 190 Å². The molecule has 0 radical (unpaired) electrons. The van der Waals surface area contributed by atoms with Crippen LogP contribution in [0.1, 0.15) is 62.5 Å². The van der Waals surface area contributed by atoms with Gasteiger partial charge in [0.2, 0.25) is 0 Å². The van der Waals surface area contributed by atoms with E-state index >= 15 is 0 Å². The molecule has 1 amide bonds. The van der Waals surface area contributed by atoms with Crippen molar-refractivity contribution >= 4 is 21.2 Å². The minimum atomic E-state index is -4.67. The Morgan fingerprint density at radius 1 is 1.18 bits per heavy atom. The van der Waals surface area contributed by atoms with E-state index in [1.807, 2.05) is 13.8 Å². The highest BCUT2D eigenvalue weighted by atomic mass is 31.0. The van der Waals surface area contributed by atoms with Gasteiger partial charge in [-0.2, -0.15) is 13.2 Å². The van der Waals surface area contributed by atoms with Crippen LogP contribution < -0.4 is 5.32 Å². The van der Waals surface area contributed by atoms with Crippen molar-refractivity contribution in [3.63, 3.8) is 0 Å². The number of halogens is 5. The second-order valence-electron chi connectivity index (χ2n) is 8.01. The number of alkyl halides is 5. The maximum atomic E-state index is 13.9. The summed E-state index contributed by atoms with van der Waals surface area (Å²) in [5, 5.41) is 2.24. The lowest BCUT2D eigenvalue weighted by atomic mass is 9.77. The van der Waals surface area contributed by atoms with Crippen LogP contribution in [0.15, 0.2) is 24.4 Å². The predicted molar refractivity (Wildman–Crippen MR) is 117 cm³/mol. The molecule has 11 heteroatoms. The molecule has 0 aromatic carbocycles. The summed E-state index contributed by atoms with van der Waals surface area (Å²) >= 11 is 0. The zero-order valence-electron chi connectivity index (χ0n) is 18.2. The smallest absolute Gasteiger partial charge is 0.416 e. The number of hydrogen-bond donors (Lipinski definition) is 1. The Morgan fingerprint density at radius 3 is 2.39 bits per heavy atom. The van der Waals surface area contributed by atoms with Gasteiger partial charge in [0, 0.05) is 22.9 Å². The number of aromatic nitrogens is 2. The number of carbonyl (C=O) groups excluding carboxylic acids is 1. The molecule has 3 rings (SSSR count). The Balaban J connectivity index is 2.30. The standard InChI is InChI=1S/C22H25F5N3O2P/c1-3-6-21(11-33,7-4-2)15-10-12(22(25,26)27)9-14(29-15)13-5-8-28-19-16(13)17(18(23)24)32-20(31)30-19/h5,8-10,17-18H,3-4,6-7,11,33H2,1-2H3,(H,28,30,31). The van der Waals surface area contributed by atoms with E-state index in [1.165, 1.54) is 12.3 Å². The normalized spacial score (nSPS) is 16.4. The van der Waals surface area contributed by atoms with Crippen LogP contribution in [-0.4, -0.2) is 28.6 Å². The Hall–Kier alpha value is -2.35. The minimum Gasteiger partial charge on any atom is -0.435 e. The molecule has 0 saturated heterocycles. The van der Waals surface area contributed by atoms with Crippen LogP contribution in [0.5, 0.6) is 0 Å². The number of fused-ring (bicyclic) bond motifs is 1. The first-order chi connectivity index (χ1) is 15.6. The van der Waals surface area contributed by atoms with Crippen LogP contribution in [0.3, 0.4) is 0 Å². The minimum absolute atomic E-state index is 0.00306. The van der Waals surface area contributed by atoms with Gasteiger partial charge in [0.05, 0.1) is 16.8 Å². The highest BCUT2D eigenvalue weighted by molar-refractivity contribution is 7.16. The second kappa shape index (κ2) is 9.87. The highest BCUT2D eigenvalue weighted by Crippen LogP contribution is 2.43. The first-order valence-corrected chi connectivity index (χ1v) is 11.4. The summed E-state index contributed by atoms with van der Waals surface area (Å²) in [6.45, 7) is 3.90. The van der Waals surface area contributed by atoms with Gasteiger partial charge in [-0.05, 0) is 37.2 Å². The van der Waals surface area contributed by atoms with Crippen LogP contribution in [0, 0.1) is 0 Å². The fourth-order valence-electron chi connectivity index (χ4n) is 4.31. The van der Waals surface area contributed by atoms with E-state index in [4.69, 9.17) is 4.74 Å². The molecule has 0 bridgehead atoms. The van der Waals surface area contributed by atoms with Gasteiger partial charge in [0.15, 0.2) is 6.10 Å². The summed E-state index contributed by atoms with van der Waals surface area (Å²) in [6.07, 6.45) is -6.43. The van der Waals surface area contributed by atoms with Gasteiger partial charge in [-0.15, -0.1) is 9.24 Å². The van der Waals surface area contributed by atoms with Gasteiger partial charge in [-0.3, -0.25) is 10.3 Å². The SMILES string of the molecule is CCCC(CP)(CCC)c1cc(C(F)(F)F)cc(-c2ccnc3c2C(C(F)F)OC(=O)N3)n1. The van der Waals surface area contributed by atoms with Gasteiger partial charge in [-0.1, -0.05) is 26.7 Å². The molecular formula is C22H25F5N3O2P. The van der Waals surface area contributed by atoms with Gasteiger partial charge >= 0.3 is 12.3 Å². The van der Waals surface area contributed by atoms with E-state index in [1.54, 1.807) is 0 Å². The number of nitrogens with zero attached hydrogens (tertiary/aromatic N) is 2. The van der Waals surface area contributed by atoms with Crippen molar-refractivity contribution in [3.05, 3.63) is 41.2 Å². The van der Waals surface area contributed by atoms with Crippen molar-refractivity contribution < 1.29 is 31.5 Å². The molecule has 1 N–H and O–H groups in total. The molecular weight excluding hydrogens is 464 g/mol. The summed E-state index contributed by atoms with van der Waals surface area (Å²) < 4.78 is 73.8. The second-order valence-corrected chi connectivity index (χ2v) is 8.42. The van der Waals surface area contributed by atoms with E-state index in [-0.39, 0.29) is 28.3 Å². The third-order valence-corrected chi connectivity index (χ3v) is 6.56. The number of rotatable bonds is 8. The van der Waals surface area contributed by atoms with E-state index in [0.29, 0.717) is 19.0 Å². The average Bonchev–Trinajstić information content (AvgIpc) is 2.76. The molecule has 5 nitrogen and oxygen atoms in total. The van der Waals surface area contributed by atoms with E-state index in [2.05, 4.69) is 24.5 Å². The summed E-state index contributed by atoms with van der Waals surface area (Å²) in [5.41, 5.74) is -1.61. The zero-order chi connectivity index (χ0) is 24.4. The lowest BCUT2D eigenvalue weighted by molar-refractivity contribution is -0.137. The van der Waals surface area contributed by atoms with Gasteiger partial charge in [0.25, 0.3) is 6.43 Å². The van der Waals surface area contributed by atoms with E-state index in [9.17, 15) is 26.7 Å². The topological polar surface area (TPSA) is 64.1 Å². The first-order valence-electron chi connectivity index (χ1n) is 10.6. The number of anilines is 1. The van der Waals surface area contributed by atoms with Crippen molar-refractivity contribution in [2.75, 3.05) is 11.5 Å². The molecule has 2 atom stereocenters. The molecule has 0 fully saturated rings. The number of nitrogens with one attached hydrogen (secondary N) is 1.